The van der Waals surface area contributed by atoms with Gasteiger partial charge in [0.2, 0.25) is 0 Å². The van der Waals surface area contributed by atoms with E-state index in [2.05, 4.69) is 4.98 Å². The number of nitrogens with zero attached hydrogens (tertiary/aromatic N) is 1. The van der Waals surface area contributed by atoms with Gasteiger partial charge in [-0.15, -0.1) is 0 Å². The summed E-state index contributed by atoms with van der Waals surface area (Å²) in [5.74, 6) is 0. The van der Waals surface area contributed by atoms with Crippen LogP contribution in [0.1, 0.15) is 0 Å². The molecule has 1 nitrogen and oxygen atoms in total. The number of aromatic nitrogens is 1. The normalized spacial score (nSPS) is 8.45. The summed E-state index contributed by atoms with van der Waals surface area (Å²) in [6.07, 6.45) is 3.01. The molecule has 0 spiro atoms. The maximum absolute atomic E-state index is 5.43. The molecule has 0 radical (unpaired) electrons. The Kier molecular flexibility index (Phi) is 8.09. The van der Waals surface area contributed by atoms with Gasteiger partial charge in [-0.05, 0) is 0 Å². The Bertz CT molecular complexity index is 181. The molecule has 1 aromatic heterocycles. The SMILES string of the molecule is Clc1c[n-]cc1Cl.[Cl][Zr]([Cl])[Cl]. The molecule has 0 saturated carbocycles. The molecule has 1 heterocycles. The van der Waals surface area contributed by atoms with E-state index in [4.69, 9.17) is 48.7 Å². The predicted molar refractivity (Wildman–Crippen MR) is 47.3 cm³/mol. The van der Waals surface area contributed by atoms with Gasteiger partial charge >= 0.3 is 43.7 Å². The molecule has 0 bridgehead atoms. The molecule has 0 aliphatic rings. The van der Waals surface area contributed by atoms with Crippen LogP contribution in [0.5, 0.6) is 0 Å². The average Bonchev–Trinajstić information content (AvgIpc) is 2.15. The Morgan fingerprint density at radius 1 is 1.00 bits per heavy atom. The molecule has 0 unspecified atom stereocenters. The summed E-state index contributed by atoms with van der Waals surface area (Å²) in [5.41, 5.74) is 0. The summed E-state index contributed by atoms with van der Waals surface area (Å²) in [6.45, 7) is 0. The van der Waals surface area contributed by atoms with Gasteiger partial charge in [0.1, 0.15) is 0 Å². The van der Waals surface area contributed by atoms with Crippen molar-refractivity contribution in [1.82, 2.24) is 4.98 Å². The van der Waals surface area contributed by atoms with Crippen molar-refractivity contribution in [2.45, 2.75) is 0 Å². The van der Waals surface area contributed by atoms with Gasteiger partial charge in [0, 0.05) is 10.0 Å². The van der Waals surface area contributed by atoms with E-state index in [1.807, 2.05) is 0 Å². The second-order valence-electron chi connectivity index (χ2n) is 1.32. The quantitative estimate of drug-likeness (QED) is 0.700. The van der Waals surface area contributed by atoms with Crippen LogP contribution in [0.4, 0.5) is 0 Å². The van der Waals surface area contributed by atoms with Gasteiger partial charge in [0.05, 0.1) is 0 Å². The molecule has 0 N–H and O–H groups in total. The van der Waals surface area contributed by atoms with Crippen LogP contribution in [0.15, 0.2) is 12.4 Å². The van der Waals surface area contributed by atoms with Crippen LogP contribution in [0.3, 0.4) is 0 Å². The molecule has 0 amide bonds. The Balaban J connectivity index is 0.000000218. The first-order valence-electron chi connectivity index (χ1n) is 2.29. The van der Waals surface area contributed by atoms with Crippen LogP contribution in [0, 0.1) is 0 Å². The van der Waals surface area contributed by atoms with Gasteiger partial charge in [-0.2, -0.15) is 12.4 Å². The molecular weight excluding hydrogens is 331 g/mol. The fourth-order valence-electron chi connectivity index (χ4n) is 0.291. The van der Waals surface area contributed by atoms with Crippen LogP contribution in [-0.2, 0) is 18.2 Å². The first-order valence-corrected chi connectivity index (χ1v) is 12.5. The molecule has 1 aromatic rings. The summed E-state index contributed by atoms with van der Waals surface area (Å²) in [5, 5.41) is 1.03. The van der Waals surface area contributed by atoms with E-state index < -0.39 is 18.2 Å². The summed E-state index contributed by atoms with van der Waals surface area (Å²) in [6, 6.07) is 0. The zero-order valence-corrected chi connectivity index (χ0v) is 11.2. The molecule has 1 rings (SSSR count). The van der Waals surface area contributed by atoms with E-state index in [9.17, 15) is 0 Å². The van der Waals surface area contributed by atoms with Gasteiger partial charge in [-0.25, -0.2) is 0 Å². The Labute approximate surface area is 93.2 Å². The van der Waals surface area contributed by atoms with Gasteiger partial charge in [0.15, 0.2) is 0 Å². The van der Waals surface area contributed by atoms with Gasteiger partial charge in [-0.1, -0.05) is 23.2 Å². The van der Waals surface area contributed by atoms with Crippen molar-refractivity contribution in [2.24, 2.45) is 0 Å². The van der Waals surface area contributed by atoms with Crippen LogP contribution in [-0.4, -0.2) is 0 Å². The first kappa shape index (κ1) is 12.6. The fourth-order valence-corrected chi connectivity index (χ4v) is 0.502. The van der Waals surface area contributed by atoms with Crippen molar-refractivity contribution < 1.29 is 18.2 Å². The van der Waals surface area contributed by atoms with Crippen molar-refractivity contribution in [3.05, 3.63) is 22.4 Å². The topological polar surface area (TPSA) is 14.1 Å². The van der Waals surface area contributed by atoms with Crippen molar-refractivity contribution in [2.75, 3.05) is 0 Å². The molecule has 0 aliphatic carbocycles. The molecular formula is C4H2Cl5NZr-. The third-order valence-corrected chi connectivity index (χ3v) is 1.30. The molecule has 0 saturated heterocycles. The van der Waals surface area contributed by atoms with E-state index in [1.54, 1.807) is 0 Å². The van der Waals surface area contributed by atoms with Crippen molar-refractivity contribution >= 4 is 48.7 Å². The summed E-state index contributed by atoms with van der Waals surface area (Å²) < 4.78 is 0. The average molecular weight is 333 g/mol. The van der Waals surface area contributed by atoms with Crippen molar-refractivity contribution in [3.8, 4) is 0 Å². The summed E-state index contributed by atoms with van der Waals surface area (Å²) in [4.78, 5) is 3.66. The Morgan fingerprint density at radius 3 is 1.36 bits per heavy atom. The van der Waals surface area contributed by atoms with E-state index in [-0.39, 0.29) is 0 Å². The number of hydrogen-bond acceptors (Lipinski definition) is 0. The summed E-state index contributed by atoms with van der Waals surface area (Å²) >= 11 is 8.73. The monoisotopic (exact) mass is 329 g/mol. The molecule has 63 valence electrons. The van der Waals surface area contributed by atoms with Gasteiger partial charge in [0.25, 0.3) is 0 Å². The van der Waals surface area contributed by atoms with E-state index in [1.165, 1.54) is 12.4 Å². The third kappa shape index (κ3) is 7.96. The zero-order valence-electron chi connectivity index (χ0n) is 4.99. The van der Waals surface area contributed by atoms with Crippen LogP contribution in [0.2, 0.25) is 10.0 Å². The molecule has 11 heavy (non-hydrogen) atoms. The number of halogens is 5. The number of hydrogen-bond donors (Lipinski definition) is 0. The Hall–Kier alpha value is 1.61. The predicted octanol–water partition coefficient (Wildman–Crippen LogP) is 4.02. The maximum atomic E-state index is 5.43. The first-order chi connectivity index (χ1) is 5.04. The van der Waals surface area contributed by atoms with Crippen LogP contribution >= 0.6 is 48.7 Å². The third-order valence-electron chi connectivity index (χ3n) is 0.604. The van der Waals surface area contributed by atoms with Crippen molar-refractivity contribution in [3.63, 3.8) is 0 Å². The minimum atomic E-state index is -2.13. The van der Waals surface area contributed by atoms with Crippen LogP contribution in [0.25, 0.3) is 0 Å². The molecule has 0 aliphatic heterocycles. The second-order valence-corrected chi connectivity index (χ2v) is 13.3. The fraction of sp³-hybridized carbons (Fsp3) is 0. The standard InChI is InChI=1S/C4H2Cl2N.3ClH.Zr/c5-3-1-7-2-4(3)6;;;;/h1-2H;3*1H;/q-1;;;;+3/p-3. The van der Waals surface area contributed by atoms with E-state index >= 15 is 0 Å². The zero-order chi connectivity index (χ0) is 8.85. The van der Waals surface area contributed by atoms with Crippen LogP contribution < -0.4 is 4.98 Å². The summed E-state index contributed by atoms with van der Waals surface area (Å²) in [7, 11) is 15.0. The number of rotatable bonds is 0. The van der Waals surface area contributed by atoms with Gasteiger partial charge < -0.3 is 4.98 Å². The second kappa shape index (κ2) is 7.06. The van der Waals surface area contributed by atoms with E-state index in [0.717, 1.165) is 0 Å². The minimum absolute atomic E-state index is 0.515. The van der Waals surface area contributed by atoms with Crippen molar-refractivity contribution in [1.29, 1.82) is 0 Å². The Morgan fingerprint density at radius 2 is 1.27 bits per heavy atom. The van der Waals surface area contributed by atoms with Gasteiger partial charge in [-0.3, -0.25) is 0 Å². The molecule has 0 aromatic carbocycles. The van der Waals surface area contributed by atoms with E-state index in [0.29, 0.717) is 10.0 Å². The molecule has 0 atom stereocenters. The molecule has 7 heteroatoms. The molecule has 0 fully saturated rings.